The molecule has 21 heavy (non-hydrogen) atoms. The number of ether oxygens (including phenoxy) is 1. The molecule has 3 rings (SSSR count). The molecule has 0 bridgehead atoms. The molecule has 5 nitrogen and oxygen atoms in total. The zero-order chi connectivity index (χ0) is 15.1. The first-order chi connectivity index (χ1) is 10.0. The monoisotopic (exact) mass is 310 g/mol. The Labute approximate surface area is 125 Å². The van der Waals surface area contributed by atoms with Crippen molar-refractivity contribution in [2.45, 2.75) is 37.1 Å². The van der Waals surface area contributed by atoms with Crippen molar-refractivity contribution in [2.75, 3.05) is 13.7 Å². The molecule has 1 aromatic rings. The number of methoxy groups -OCH3 is 1. The minimum atomic E-state index is -3.48. The molecule has 0 spiro atoms. The number of benzene rings is 1. The van der Waals surface area contributed by atoms with Crippen LogP contribution in [0, 0.1) is 11.3 Å². The van der Waals surface area contributed by atoms with Crippen LogP contribution in [0.3, 0.4) is 0 Å². The number of hydrogen-bond donors (Lipinski definition) is 2. The molecule has 0 aliphatic heterocycles. The van der Waals surface area contributed by atoms with Gasteiger partial charge in [-0.05, 0) is 55.2 Å². The SMILES string of the molecule is COc1ccc(S(=O)(=O)NCC2(C3CC3)CC2)cc1CN. The summed E-state index contributed by atoms with van der Waals surface area (Å²) in [5, 5.41) is 0. The van der Waals surface area contributed by atoms with E-state index in [4.69, 9.17) is 10.5 Å². The molecule has 116 valence electrons. The van der Waals surface area contributed by atoms with Gasteiger partial charge in [-0.25, -0.2) is 13.1 Å². The van der Waals surface area contributed by atoms with E-state index >= 15 is 0 Å². The zero-order valence-corrected chi connectivity index (χ0v) is 13.1. The van der Waals surface area contributed by atoms with Gasteiger partial charge in [-0.2, -0.15) is 0 Å². The molecule has 0 unspecified atom stereocenters. The fourth-order valence-corrected chi connectivity index (χ4v) is 4.18. The lowest BCUT2D eigenvalue weighted by Gasteiger charge is -2.16. The molecule has 2 aliphatic carbocycles. The van der Waals surface area contributed by atoms with Crippen LogP contribution in [0.5, 0.6) is 5.75 Å². The average molecular weight is 310 g/mol. The van der Waals surface area contributed by atoms with Gasteiger partial charge in [0.1, 0.15) is 5.75 Å². The van der Waals surface area contributed by atoms with Gasteiger partial charge >= 0.3 is 0 Å². The van der Waals surface area contributed by atoms with Gasteiger partial charge in [-0.3, -0.25) is 0 Å². The largest absolute Gasteiger partial charge is 0.496 e. The van der Waals surface area contributed by atoms with Crippen LogP contribution in [0.1, 0.15) is 31.2 Å². The summed E-state index contributed by atoms with van der Waals surface area (Å²) in [6, 6.07) is 4.82. The minimum Gasteiger partial charge on any atom is -0.496 e. The molecule has 1 aromatic carbocycles. The van der Waals surface area contributed by atoms with E-state index in [1.807, 2.05) is 0 Å². The van der Waals surface area contributed by atoms with Crippen molar-refractivity contribution < 1.29 is 13.2 Å². The van der Waals surface area contributed by atoms with Crippen LogP contribution in [-0.2, 0) is 16.6 Å². The molecule has 0 saturated heterocycles. The first-order valence-electron chi connectivity index (χ1n) is 7.37. The second kappa shape index (κ2) is 5.26. The van der Waals surface area contributed by atoms with E-state index in [9.17, 15) is 8.42 Å². The lowest BCUT2D eigenvalue weighted by molar-refractivity contribution is 0.409. The molecular weight excluding hydrogens is 288 g/mol. The van der Waals surface area contributed by atoms with E-state index in [2.05, 4.69) is 4.72 Å². The van der Waals surface area contributed by atoms with Crippen LogP contribution in [0.25, 0.3) is 0 Å². The van der Waals surface area contributed by atoms with Gasteiger partial charge in [0, 0.05) is 18.7 Å². The highest BCUT2D eigenvalue weighted by molar-refractivity contribution is 7.89. The Morgan fingerprint density at radius 1 is 1.38 bits per heavy atom. The predicted octanol–water partition coefficient (Wildman–Crippen LogP) is 1.62. The Morgan fingerprint density at radius 2 is 2.10 bits per heavy atom. The van der Waals surface area contributed by atoms with Crippen molar-refractivity contribution in [3.05, 3.63) is 23.8 Å². The Kier molecular flexibility index (Phi) is 3.71. The molecule has 3 N–H and O–H groups in total. The standard InChI is InChI=1S/C15H22N2O3S/c1-20-14-5-4-13(8-11(14)9-16)21(18,19)17-10-15(6-7-15)12-2-3-12/h4-5,8,12,17H,2-3,6-7,9-10,16H2,1H3. The van der Waals surface area contributed by atoms with Crippen LogP contribution in [0.4, 0.5) is 0 Å². The van der Waals surface area contributed by atoms with E-state index in [0.717, 1.165) is 18.8 Å². The Bertz CT molecular complexity index is 634. The van der Waals surface area contributed by atoms with Gasteiger partial charge in [-0.15, -0.1) is 0 Å². The fourth-order valence-electron chi connectivity index (χ4n) is 2.99. The summed E-state index contributed by atoms with van der Waals surface area (Å²) in [6.07, 6.45) is 4.80. The molecule has 0 atom stereocenters. The summed E-state index contributed by atoms with van der Waals surface area (Å²) in [7, 11) is -1.93. The summed E-state index contributed by atoms with van der Waals surface area (Å²) in [5.41, 5.74) is 6.59. The van der Waals surface area contributed by atoms with E-state index < -0.39 is 10.0 Å². The molecule has 0 amide bonds. The number of nitrogens with two attached hydrogens (primary N) is 1. The number of rotatable bonds is 7. The minimum absolute atomic E-state index is 0.246. The third-order valence-corrected chi connectivity index (χ3v) is 6.13. The average Bonchev–Trinajstić information content (AvgIpc) is 3.37. The number of sulfonamides is 1. The van der Waals surface area contributed by atoms with Gasteiger partial charge in [0.25, 0.3) is 0 Å². The molecule has 6 heteroatoms. The second-order valence-electron chi connectivity index (χ2n) is 6.14. The van der Waals surface area contributed by atoms with Crippen molar-refractivity contribution >= 4 is 10.0 Å². The molecule has 2 aliphatic rings. The zero-order valence-electron chi connectivity index (χ0n) is 12.3. The molecule has 0 radical (unpaired) electrons. The van der Waals surface area contributed by atoms with Crippen LogP contribution in [-0.4, -0.2) is 22.1 Å². The van der Waals surface area contributed by atoms with Crippen molar-refractivity contribution in [2.24, 2.45) is 17.1 Å². The van der Waals surface area contributed by atoms with E-state index in [1.165, 1.54) is 12.8 Å². The lowest BCUT2D eigenvalue weighted by atomic mass is 10.0. The van der Waals surface area contributed by atoms with Crippen molar-refractivity contribution in [1.29, 1.82) is 0 Å². The van der Waals surface area contributed by atoms with Crippen LogP contribution >= 0.6 is 0 Å². The highest BCUT2D eigenvalue weighted by atomic mass is 32.2. The van der Waals surface area contributed by atoms with Gasteiger partial charge in [0.05, 0.1) is 12.0 Å². The summed E-state index contributed by atoms with van der Waals surface area (Å²) >= 11 is 0. The number of hydrogen-bond acceptors (Lipinski definition) is 4. The molecule has 0 heterocycles. The normalized spacial score (nSPS) is 20.3. The Balaban J connectivity index is 1.75. The summed E-state index contributed by atoms with van der Waals surface area (Å²) < 4.78 is 32.8. The number of nitrogens with one attached hydrogen (secondary N) is 1. The first-order valence-corrected chi connectivity index (χ1v) is 8.86. The maximum atomic E-state index is 12.4. The van der Waals surface area contributed by atoms with Gasteiger partial charge < -0.3 is 10.5 Å². The second-order valence-corrected chi connectivity index (χ2v) is 7.91. The van der Waals surface area contributed by atoms with Crippen LogP contribution in [0.2, 0.25) is 0 Å². The smallest absolute Gasteiger partial charge is 0.240 e. The lowest BCUT2D eigenvalue weighted by Crippen LogP contribution is -2.31. The van der Waals surface area contributed by atoms with E-state index in [0.29, 0.717) is 17.9 Å². The van der Waals surface area contributed by atoms with Gasteiger partial charge in [0.15, 0.2) is 0 Å². The third-order valence-electron chi connectivity index (χ3n) is 4.73. The molecule has 2 fully saturated rings. The van der Waals surface area contributed by atoms with Crippen molar-refractivity contribution in [3.63, 3.8) is 0 Å². The molecule has 2 saturated carbocycles. The molecular formula is C15H22N2O3S. The third kappa shape index (κ3) is 2.93. The quantitative estimate of drug-likeness (QED) is 0.802. The highest BCUT2D eigenvalue weighted by Crippen LogP contribution is 2.60. The summed E-state index contributed by atoms with van der Waals surface area (Å²) in [4.78, 5) is 0.260. The Morgan fingerprint density at radius 3 is 2.62 bits per heavy atom. The van der Waals surface area contributed by atoms with Gasteiger partial charge in [0.2, 0.25) is 10.0 Å². The predicted molar refractivity (Wildman–Crippen MR) is 80.5 cm³/mol. The highest BCUT2D eigenvalue weighted by Gasteiger charge is 2.53. The topological polar surface area (TPSA) is 81.4 Å². The first kappa shape index (κ1) is 14.8. The van der Waals surface area contributed by atoms with Crippen molar-refractivity contribution in [1.82, 2.24) is 4.72 Å². The van der Waals surface area contributed by atoms with Crippen molar-refractivity contribution in [3.8, 4) is 5.75 Å². The maximum Gasteiger partial charge on any atom is 0.240 e. The maximum absolute atomic E-state index is 12.4. The molecule has 0 aromatic heterocycles. The van der Waals surface area contributed by atoms with E-state index in [1.54, 1.807) is 25.3 Å². The van der Waals surface area contributed by atoms with Crippen LogP contribution < -0.4 is 15.2 Å². The van der Waals surface area contributed by atoms with Gasteiger partial charge in [-0.1, -0.05) is 0 Å². The Hall–Kier alpha value is -1.11. The fraction of sp³-hybridized carbons (Fsp3) is 0.600. The van der Waals surface area contributed by atoms with E-state index in [-0.39, 0.29) is 16.9 Å². The summed E-state index contributed by atoms with van der Waals surface area (Å²) in [5.74, 6) is 1.35. The van der Waals surface area contributed by atoms with Crippen LogP contribution in [0.15, 0.2) is 23.1 Å². The summed E-state index contributed by atoms with van der Waals surface area (Å²) in [6.45, 7) is 0.808.